The Hall–Kier alpha value is -0.220. The van der Waals surface area contributed by atoms with Crippen LogP contribution in [0, 0.1) is 0 Å². The van der Waals surface area contributed by atoms with Gasteiger partial charge in [-0.05, 0) is 25.8 Å². The highest BCUT2D eigenvalue weighted by atomic mass is 32.2. The molecule has 1 saturated carbocycles. The zero-order chi connectivity index (χ0) is 9.97. The predicted octanol–water partition coefficient (Wildman–Crippen LogP) is 0.702. The molecule has 1 amide bonds. The van der Waals surface area contributed by atoms with Gasteiger partial charge in [-0.2, -0.15) is 0 Å². The monoisotopic (exact) mass is 214 g/mol. The first-order chi connectivity index (χ1) is 6.77. The number of likely N-dealkylation sites (N-methyl/N-ethyl adjacent to an activating group) is 1. The SMILES string of the molecule is CN(C(=O)CSC1CC1)C1CCNC1. The fourth-order valence-corrected chi connectivity index (χ4v) is 2.75. The maximum absolute atomic E-state index is 11.7. The van der Waals surface area contributed by atoms with Gasteiger partial charge in [-0.15, -0.1) is 11.8 Å². The quantitative estimate of drug-likeness (QED) is 0.748. The first-order valence-corrected chi connectivity index (χ1v) is 6.40. The highest BCUT2D eigenvalue weighted by Gasteiger charge is 2.26. The molecule has 4 heteroatoms. The number of nitrogens with one attached hydrogen (secondary N) is 1. The number of carbonyl (C=O) groups excluding carboxylic acids is 1. The van der Waals surface area contributed by atoms with Gasteiger partial charge in [-0.1, -0.05) is 0 Å². The molecular formula is C10H18N2OS. The van der Waals surface area contributed by atoms with Gasteiger partial charge in [0.15, 0.2) is 0 Å². The highest BCUT2D eigenvalue weighted by molar-refractivity contribution is 8.00. The molecule has 0 bridgehead atoms. The summed E-state index contributed by atoms with van der Waals surface area (Å²) in [5.41, 5.74) is 0. The number of hydrogen-bond acceptors (Lipinski definition) is 3. The molecule has 1 unspecified atom stereocenters. The van der Waals surface area contributed by atoms with E-state index >= 15 is 0 Å². The summed E-state index contributed by atoms with van der Waals surface area (Å²) in [6.07, 6.45) is 3.73. The Bertz CT molecular complexity index is 212. The van der Waals surface area contributed by atoms with Crippen LogP contribution in [0.3, 0.4) is 0 Å². The van der Waals surface area contributed by atoms with Crippen molar-refractivity contribution in [3.8, 4) is 0 Å². The van der Waals surface area contributed by atoms with Crippen molar-refractivity contribution in [3.63, 3.8) is 0 Å². The first kappa shape index (κ1) is 10.3. The molecular weight excluding hydrogens is 196 g/mol. The third-order valence-corrected chi connectivity index (χ3v) is 4.30. The topological polar surface area (TPSA) is 32.3 Å². The Morgan fingerprint density at radius 2 is 2.29 bits per heavy atom. The third kappa shape index (κ3) is 2.64. The molecule has 0 aromatic carbocycles. The van der Waals surface area contributed by atoms with Crippen LogP contribution in [0.1, 0.15) is 19.3 Å². The fraction of sp³-hybridized carbons (Fsp3) is 0.900. The molecule has 0 aromatic rings. The Morgan fingerprint density at radius 3 is 2.86 bits per heavy atom. The molecule has 3 nitrogen and oxygen atoms in total. The van der Waals surface area contributed by atoms with Gasteiger partial charge < -0.3 is 10.2 Å². The molecule has 1 heterocycles. The molecule has 1 N–H and O–H groups in total. The van der Waals surface area contributed by atoms with Gasteiger partial charge in [0.1, 0.15) is 0 Å². The van der Waals surface area contributed by atoms with Crippen LogP contribution in [0.4, 0.5) is 0 Å². The molecule has 1 aliphatic heterocycles. The number of rotatable bonds is 4. The second kappa shape index (κ2) is 4.53. The van der Waals surface area contributed by atoms with E-state index in [0.29, 0.717) is 17.7 Å². The lowest BCUT2D eigenvalue weighted by Crippen LogP contribution is -2.39. The van der Waals surface area contributed by atoms with Gasteiger partial charge in [0, 0.05) is 24.9 Å². The molecule has 14 heavy (non-hydrogen) atoms. The van der Waals surface area contributed by atoms with Crippen molar-refractivity contribution in [2.75, 3.05) is 25.9 Å². The van der Waals surface area contributed by atoms with E-state index in [9.17, 15) is 4.79 Å². The van der Waals surface area contributed by atoms with E-state index in [4.69, 9.17) is 0 Å². The van der Waals surface area contributed by atoms with E-state index in [2.05, 4.69) is 5.32 Å². The summed E-state index contributed by atoms with van der Waals surface area (Å²) >= 11 is 1.83. The lowest BCUT2D eigenvalue weighted by molar-refractivity contribution is -0.128. The summed E-state index contributed by atoms with van der Waals surface area (Å²) in [5.74, 6) is 0.980. The summed E-state index contributed by atoms with van der Waals surface area (Å²) < 4.78 is 0. The predicted molar refractivity (Wildman–Crippen MR) is 59.5 cm³/mol. The Kier molecular flexibility index (Phi) is 3.34. The van der Waals surface area contributed by atoms with E-state index in [-0.39, 0.29) is 0 Å². The molecule has 0 radical (unpaired) electrons. The van der Waals surface area contributed by atoms with Gasteiger partial charge in [-0.3, -0.25) is 4.79 Å². The summed E-state index contributed by atoms with van der Waals surface area (Å²) in [6.45, 7) is 2.02. The van der Waals surface area contributed by atoms with Crippen LogP contribution < -0.4 is 5.32 Å². The van der Waals surface area contributed by atoms with E-state index in [1.54, 1.807) is 0 Å². The zero-order valence-electron chi connectivity index (χ0n) is 8.66. The van der Waals surface area contributed by atoms with Crippen molar-refractivity contribution >= 4 is 17.7 Å². The summed E-state index contributed by atoms with van der Waals surface area (Å²) in [5, 5.41) is 4.07. The van der Waals surface area contributed by atoms with Crippen LogP contribution in [0.2, 0.25) is 0 Å². The molecule has 2 fully saturated rings. The minimum absolute atomic E-state index is 0.301. The largest absolute Gasteiger partial charge is 0.341 e. The molecule has 1 atom stereocenters. The van der Waals surface area contributed by atoms with Gasteiger partial charge in [0.25, 0.3) is 0 Å². The number of amides is 1. The molecule has 80 valence electrons. The molecule has 0 spiro atoms. The lowest BCUT2D eigenvalue weighted by atomic mass is 10.2. The highest BCUT2D eigenvalue weighted by Crippen LogP contribution is 2.33. The van der Waals surface area contributed by atoms with Crippen molar-refractivity contribution < 1.29 is 4.79 Å². The van der Waals surface area contributed by atoms with Gasteiger partial charge >= 0.3 is 0 Å². The zero-order valence-corrected chi connectivity index (χ0v) is 9.48. The van der Waals surface area contributed by atoms with Crippen molar-refractivity contribution in [2.45, 2.75) is 30.6 Å². The van der Waals surface area contributed by atoms with Crippen molar-refractivity contribution in [1.82, 2.24) is 10.2 Å². The average Bonchev–Trinajstić information content (AvgIpc) is 2.86. The summed E-state index contributed by atoms with van der Waals surface area (Å²) in [6, 6.07) is 0.433. The van der Waals surface area contributed by atoms with Crippen LogP contribution in [0.25, 0.3) is 0 Å². The second-order valence-corrected chi connectivity index (χ2v) is 5.45. The third-order valence-electron chi connectivity index (χ3n) is 2.94. The second-order valence-electron chi connectivity index (χ2n) is 4.16. The normalized spacial score (nSPS) is 26.5. The number of hydrogen-bond donors (Lipinski definition) is 1. The maximum Gasteiger partial charge on any atom is 0.232 e. The summed E-state index contributed by atoms with van der Waals surface area (Å²) in [4.78, 5) is 13.7. The number of thioether (sulfide) groups is 1. The fourth-order valence-electron chi connectivity index (χ4n) is 1.70. The standard InChI is InChI=1S/C10H18N2OS/c1-12(8-4-5-11-6-8)10(13)7-14-9-2-3-9/h8-9,11H,2-7H2,1H3. The van der Waals surface area contributed by atoms with E-state index in [1.807, 2.05) is 23.7 Å². The molecule has 1 aliphatic carbocycles. The minimum Gasteiger partial charge on any atom is -0.341 e. The van der Waals surface area contributed by atoms with Crippen LogP contribution in [0.5, 0.6) is 0 Å². The first-order valence-electron chi connectivity index (χ1n) is 5.35. The van der Waals surface area contributed by atoms with E-state index < -0.39 is 0 Å². The molecule has 0 aromatic heterocycles. The maximum atomic E-state index is 11.7. The molecule has 2 rings (SSSR count). The van der Waals surface area contributed by atoms with Crippen LogP contribution in [-0.4, -0.2) is 48.0 Å². The van der Waals surface area contributed by atoms with Crippen LogP contribution in [-0.2, 0) is 4.79 Å². The number of nitrogens with zero attached hydrogens (tertiary/aromatic N) is 1. The van der Waals surface area contributed by atoms with E-state index in [0.717, 1.165) is 24.8 Å². The number of carbonyl (C=O) groups is 1. The van der Waals surface area contributed by atoms with Gasteiger partial charge in [0.05, 0.1) is 5.75 Å². The lowest BCUT2D eigenvalue weighted by Gasteiger charge is -2.23. The van der Waals surface area contributed by atoms with Crippen molar-refractivity contribution in [2.24, 2.45) is 0 Å². The van der Waals surface area contributed by atoms with Gasteiger partial charge in [-0.25, -0.2) is 0 Å². The van der Waals surface area contributed by atoms with Crippen molar-refractivity contribution in [1.29, 1.82) is 0 Å². The Balaban J connectivity index is 1.71. The molecule has 2 aliphatic rings. The Labute approximate surface area is 89.6 Å². The van der Waals surface area contributed by atoms with Gasteiger partial charge in [0.2, 0.25) is 5.91 Å². The van der Waals surface area contributed by atoms with Crippen molar-refractivity contribution in [3.05, 3.63) is 0 Å². The van der Waals surface area contributed by atoms with E-state index in [1.165, 1.54) is 12.8 Å². The minimum atomic E-state index is 0.301. The van der Waals surface area contributed by atoms with Crippen LogP contribution >= 0.6 is 11.8 Å². The smallest absolute Gasteiger partial charge is 0.232 e. The van der Waals surface area contributed by atoms with Crippen LogP contribution in [0.15, 0.2) is 0 Å². The Morgan fingerprint density at radius 1 is 1.50 bits per heavy atom. The molecule has 1 saturated heterocycles. The summed E-state index contributed by atoms with van der Waals surface area (Å²) in [7, 11) is 1.94. The average molecular weight is 214 g/mol.